The van der Waals surface area contributed by atoms with E-state index in [4.69, 9.17) is 0 Å². The van der Waals surface area contributed by atoms with Crippen molar-refractivity contribution in [2.24, 2.45) is 0 Å². The number of halogens is 1. The van der Waals surface area contributed by atoms with Crippen LogP contribution in [0.4, 0.5) is 4.39 Å². The summed E-state index contributed by atoms with van der Waals surface area (Å²) < 4.78 is 13.0. The van der Waals surface area contributed by atoms with Crippen molar-refractivity contribution in [3.63, 3.8) is 0 Å². The van der Waals surface area contributed by atoms with Crippen LogP contribution in [0.25, 0.3) is 10.9 Å². The molecule has 1 aromatic heterocycles. The molecule has 0 saturated carbocycles. The number of benzene rings is 2. The minimum Gasteiger partial charge on any atom is -0.384 e. The number of amides is 1. The van der Waals surface area contributed by atoms with E-state index >= 15 is 0 Å². The Morgan fingerprint density at radius 2 is 1.89 bits per heavy atom. The summed E-state index contributed by atoms with van der Waals surface area (Å²) in [6.45, 7) is 1.54. The highest BCUT2D eigenvalue weighted by atomic mass is 19.1. The molecule has 3 N–H and O–H groups in total. The van der Waals surface area contributed by atoms with Gasteiger partial charge in [-0.05, 0) is 48.6 Å². The van der Waals surface area contributed by atoms with Crippen molar-refractivity contribution in [3.05, 3.63) is 81.9 Å². The Balaban J connectivity index is 1.59. The number of carbonyl (C=O) groups excluding carboxylic acids is 1. The van der Waals surface area contributed by atoms with Crippen molar-refractivity contribution in [1.29, 1.82) is 0 Å². The Labute approximate surface area is 155 Å². The molecule has 2 aromatic carbocycles. The second kappa shape index (κ2) is 7.72. The number of aliphatic hydroxyl groups is 1. The molecule has 0 bridgehead atoms. The summed E-state index contributed by atoms with van der Waals surface area (Å²) in [4.78, 5) is 27.1. The quantitative estimate of drug-likeness (QED) is 0.626. The molecule has 3 aromatic rings. The van der Waals surface area contributed by atoms with Crippen molar-refractivity contribution in [3.8, 4) is 0 Å². The number of carbonyl (C=O) groups is 1. The highest BCUT2D eigenvalue weighted by Gasteiger charge is 2.23. The average molecular weight is 368 g/mol. The Hall–Kier alpha value is -2.99. The zero-order valence-corrected chi connectivity index (χ0v) is 15.0. The highest BCUT2D eigenvalue weighted by molar-refractivity contribution is 5.79. The van der Waals surface area contributed by atoms with Crippen LogP contribution >= 0.6 is 0 Å². The number of para-hydroxylation sites is 1. The molecule has 3 rings (SSSR count). The van der Waals surface area contributed by atoms with Gasteiger partial charge in [0, 0.05) is 17.5 Å². The number of aromatic nitrogens is 1. The number of hydrogen-bond donors (Lipinski definition) is 3. The van der Waals surface area contributed by atoms with Crippen LogP contribution in [0.2, 0.25) is 0 Å². The fourth-order valence-corrected chi connectivity index (χ4v) is 2.90. The van der Waals surface area contributed by atoms with Crippen molar-refractivity contribution >= 4 is 16.8 Å². The molecule has 0 spiro atoms. The molecule has 0 aliphatic heterocycles. The number of nitrogens with one attached hydrogen (secondary N) is 2. The molecule has 1 amide bonds. The molecular weight excluding hydrogens is 347 g/mol. The van der Waals surface area contributed by atoms with Crippen molar-refractivity contribution in [1.82, 2.24) is 10.3 Å². The van der Waals surface area contributed by atoms with E-state index in [0.29, 0.717) is 17.5 Å². The monoisotopic (exact) mass is 368 g/mol. The molecule has 140 valence electrons. The van der Waals surface area contributed by atoms with E-state index in [1.807, 2.05) is 24.3 Å². The fraction of sp³-hybridized carbons (Fsp3) is 0.238. The van der Waals surface area contributed by atoms with Gasteiger partial charge in [0.1, 0.15) is 11.4 Å². The van der Waals surface area contributed by atoms with Gasteiger partial charge in [-0.2, -0.15) is 0 Å². The Bertz CT molecular complexity index is 1010. The second-order valence-corrected chi connectivity index (χ2v) is 6.77. The van der Waals surface area contributed by atoms with Gasteiger partial charge in [-0.15, -0.1) is 0 Å². The molecule has 27 heavy (non-hydrogen) atoms. The maximum absolute atomic E-state index is 13.0. The molecule has 1 atom stereocenters. The first-order valence-corrected chi connectivity index (χ1v) is 8.71. The lowest BCUT2D eigenvalue weighted by Crippen LogP contribution is -2.38. The van der Waals surface area contributed by atoms with E-state index in [-0.39, 0.29) is 30.2 Å². The Kier molecular flexibility index (Phi) is 5.37. The summed E-state index contributed by atoms with van der Waals surface area (Å²) in [5.74, 6) is -0.663. The van der Waals surface area contributed by atoms with Gasteiger partial charge in [0.15, 0.2) is 0 Å². The smallest absolute Gasteiger partial charge is 0.251 e. The van der Waals surface area contributed by atoms with E-state index in [1.165, 1.54) is 24.3 Å². The summed E-state index contributed by atoms with van der Waals surface area (Å²) >= 11 is 0. The number of pyridine rings is 1. The topological polar surface area (TPSA) is 82.2 Å². The van der Waals surface area contributed by atoms with Crippen LogP contribution in [0, 0.1) is 5.82 Å². The predicted octanol–water partition coefficient (Wildman–Crippen LogP) is 2.62. The second-order valence-electron chi connectivity index (χ2n) is 6.77. The Morgan fingerprint density at radius 3 is 2.63 bits per heavy atom. The van der Waals surface area contributed by atoms with Gasteiger partial charge in [0.05, 0.1) is 6.54 Å². The molecule has 0 aliphatic carbocycles. The average Bonchev–Trinajstić information content (AvgIpc) is 2.65. The maximum Gasteiger partial charge on any atom is 0.251 e. The summed E-state index contributed by atoms with van der Waals surface area (Å²) in [5.41, 5.74) is 0.277. The van der Waals surface area contributed by atoms with Crippen LogP contribution in [-0.4, -0.2) is 22.5 Å². The van der Waals surface area contributed by atoms with Crippen LogP contribution < -0.4 is 10.9 Å². The lowest BCUT2D eigenvalue weighted by Gasteiger charge is -2.24. The van der Waals surface area contributed by atoms with Gasteiger partial charge in [0.2, 0.25) is 5.91 Å². The molecule has 1 heterocycles. The van der Waals surface area contributed by atoms with Gasteiger partial charge in [0.25, 0.3) is 5.56 Å². The molecule has 5 nitrogen and oxygen atoms in total. The predicted molar refractivity (Wildman–Crippen MR) is 102 cm³/mol. The number of rotatable bonds is 6. The van der Waals surface area contributed by atoms with E-state index in [1.54, 1.807) is 13.0 Å². The van der Waals surface area contributed by atoms with E-state index in [9.17, 15) is 19.1 Å². The number of aromatic amines is 1. The minimum atomic E-state index is -1.32. The van der Waals surface area contributed by atoms with Crippen LogP contribution in [0.1, 0.15) is 24.5 Å². The lowest BCUT2D eigenvalue weighted by atomic mass is 9.96. The molecule has 0 aliphatic rings. The summed E-state index contributed by atoms with van der Waals surface area (Å²) in [7, 11) is 0. The SMILES string of the molecule is CC(O)(CNC(=O)CCc1cc2ccccc2[nH]c1=O)c1ccc(F)cc1. The third-order valence-electron chi connectivity index (χ3n) is 4.55. The molecule has 0 fully saturated rings. The molecular formula is C21H21FN2O3. The van der Waals surface area contributed by atoms with Crippen LogP contribution in [0.3, 0.4) is 0 Å². The van der Waals surface area contributed by atoms with E-state index in [0.717, 1.165) is 10.9 Å². The number of H-pyrrole nitrogens is 1. The first-order chi connectivity index (χ1) is 12.8. The van der Waals surface area contributed by atoms with Gasteiger partial charge >= 0.3 is 0 Å². The number of fused-ring (bicyclic) bond motifs is 1. The van der Waals surface area contributed by atoms with Gasteiger partial charge in [-0.3, -0.25) is 9.59 Å². The minimum absolute atomic E-state index is 0.00839. The molecule has 6 heteroatoms. The highest BCUT2D eigenvalue weighted by Crippen LogP contribution is 2.20. The molecule has 0 saturated heterocycles. The van der Waals surface area contributed by atoms with Gasteiger partial charge < -0.3 is 15.4 Å². The van der Waals surface area contributed by atoms with Crippen molar-refractivity contribution in [2.45, 2.75) is 25.4 Å². The number of aryl methyl sites for hydroxylation is 1. The number of hydrogen-bond acceptors (Lipinski definition) is 3. The van der Waals surface area contributed by atoms with Crippen LogP contribution in [0.5, 0.6) is 0 Å². The maximum atomic E-state index is 13.0. The summed E-state index contributed by atoms with van der Waals surface area (Å²) in [5, 5.41) is 14.1. The third-order valence-corrected chi connectivity index (χ3v) is 4.55. The zero-order valence-electron chi connectivity index (χ0n) is 15.0. The van der Waals surface area contributed by atoms with Crippen LogP contribution in [0.15, 0.2) is 59.4 Å². The fourth-order valence-electron chi connectivity index (χ4n) is 2.90. The van der Waals surface area contributed by atoms with Gasteiger partial charge in [-0.1, -0.05) is 30.3 Å². The Morgan fingerprint density at radius 1 is 1.19 bits per heavy atom. The van der Waals surface area contributed by atoms with Crippen molar-refractivity contribution in [2.75, 3.05) is 6.54 Å². The van der Waals surface area contributed by atoms with E-state index in [2.05, 4.69) is 10.3 Å². The summed E-state index contributed by atoms with van der Waals surface area (Å²) in [6, 6.07) is 14.7. The van der Waals surface area contributed by atoms with Crippen molar-refractivity contribution < 1.29 is 14.3 Å². The molecule has 1 unspecified atom stereocenters. The summed E-state index contributed by atoms with van der Waals surface area (Å²) in [6.07, 6.45) is 0.422. The molecule has 0 radical (unpaired) electrons. The lowest BCUT2D eigenvalue weighted by molar-refractivity contribution is -0.122. The first-order valence-electron chi connectivity index (χ1n) is 8.71. The van der Waals surface area contributed by atoms with Crippen LogP contribution in [-0.2, 0) is 16.8 Å². The third kappa shape index (κ3) is 4.60. The zero-order chi connectivity index (χ0) is 19.4. The van der Waals surface area contributed by atoms with E-state index < -0.39 is 5.60 Å². The normalized spacial score (nSPS) is 13.3. The largest absolute Gasteiger partial charge is 0.384 e. The standard InChI is InChI=1S/C21H21FN2O3/c1-21(27,16-7-9-17(22)10-8-16)13-23-19(25)11-6-15-12-14-4-2-3-5-18(14)24-20(15)26/h2-5,7-10,12,27H,6,11,13H2,1H3,(H,23,25)(H,24,26). The first kappa shape index (κ1) is 18.8. The van der Waals surface area contributed by atoms with Gasteiger partial charge in [-0.25, -0.2) is 4.39 Å².